The first-order chi connectivity index (χ1) is 8.31. The molecule has 0 spiro atoms. The Balaban J connectivity index is 2.45. The largest absolute Gasteiger partial charge is 0.462 e. The van der Waals surface area contributed by atoms with Crippen LogP contribution < -0.4 is 5.32 Å². The molecule has 0 saturated carbocycles. The number of aliphatic hydroxyl groups is 1. The maximum Gasteiger partial charge on any atom is 0.244 e. The molecule has 1 aromatic rings. The minimum absolute atomic E-state index is 0.0782. The maximum absolute atomic E-state index is 11.5. The summed E-state index contributed by atoms with van der Waals surface area (Å²) in [4.78, 5) is 11.5. The molecule has 0 aliphatic carbocycles. The minimum atomic E-state index is -0.898. The van der Waals surface area contributed by atoms with E-state index in [1.807, 2.05) is 26.8 Å². The van der Waals surface area contributed by atoms with Crippen LogP contribution in [0.3, 0.4) is 0 Å². The van der Waals surface area contributed by atoms with E-state index in [2.05, 4.69) is 5.32 Å². The van der Waals surface area contributed by atoms with Crippen molar-refractivity contribution < 1.29 is 14.3 Å². The highest BCUT2D eigenvalue weighted by atomic mass is 16.3. The van der Waals surface area contributed by atoms with Crippen molar-refractivity contribution in [3.05, 3.63) is 29.7 Å². The van der Waals surface area contributed by atoms with Gasteiger partial charge in [0, 0.05) is 12.6 Å². The van der Waals surface area contributed by atoms with Crippen LogP contribution in [0.5, 0.6) is 0 Å². The quantitative estimate of drug-likeness (QED) is 0.788. The van der Waals surface area contributed by atoms with Crippen molar-refractivity contribution >= 4 is 12.0 Å². The SMILES string of the molecule is Cc1ccc(/C=C/C(=O)NCC(C)(O)C(C)C)o1. The second kappa shape index (κ2) is 5.87. The molecule has 1 atom stereocenters. The van der Waals surface area contributed by atoms with Crippen LogP contribution in [0, 0.1) is 12.8 Å². The van der Waals surface area contributed by atoms with Gasteiger partial charge < -0.3 is 14.8 Å². The molecular formula is C14H21NO3. The molecule has 0 saturated heterocycles. The molecule has 4 nitrogen and oxygen atoms in total. The molecule has 100 valence electrons. The van der Waals surface area contributed by atoms with Crippen LogP contribution in [-0.4, -0.2) is 23.2 Å². The van der Waals surface area contributed by atoms with E-state index in [9.17, 15) is 9.90 Å². The Bertz CT molecular complexity index is 430. The van der Waals surface area contributed by atoms with Gasteiger partial charge in [-0.15, -0.1) is 0 Å². The molecule has 0 aromatic carbocycles. The number of carbonyl (C=O) groups is 1. The smallest absolute Gasteiger partial charge is 0.244 e. The molecule has 1 amide bonds. The predicted molar refractivity (Wildman–Crippen MR) is 71.0 cm³/mol. The van der Waals surface area contributed by atoms with Crippen LogP contribution in [-0.2, 0) is 4.79 Å². The summed E-state index contributed by atoms with van der Waals surface area (Å²) in [5.41, 5.74) is -0.898. The van der Waals surface area contributed by atoms with E-state index in [1.165, 1.54) is 6.08 Å². The lowest BCUT2D eigenvalue weighted by atomic mass is 9.92. The monoisotopic (exact) mass is 251 g/mol. The number of hydrogen-bond donors (Lipinski definition) is 2. The zero-order valence-electron chi connectivity index (χ0n) is 11.4. The Labute approximate surface area is 108 Å². The van der Waals surface area contributed by atoms with Crippen molar-refractivity contribution in [1.29, 1.82) is 0 Å². The molecular weight excluding hydrogens is 230 g/mol. The standard InChI is InChI=1S/C14H21NO3/c1-10(2)14(4,17)9-15-13(16)8-7-12-6-5-11(3)18-12/h5-8,10,17H,9H2,1-4H3,(H,15,16)/b8-7+. The third kappa shape index (κ3) is 4.37. The molecule has 1 aromatic heterocycles. The Hall–Kier alpha value is -1.55. The summed E-state index contributed by atoms with van der Waals surface area (Å²) in [6.45, 7) is 7.60. The van der Waals surface area contributed by atoms with E-state index < -0.39 is 5.60 Å². The summed E-state index contributed by atoms with van der Waals surface area (Å²) in [6, 6.07) is 3.63. The van der Waals surface area contributed by atoms with Gasteiger partial charge in [0.2, 0.25) is 5.91 Å². The number of nitrogens with one attached hydrogen (secondary N) is 1. The van der Waals surface area contributed by atoms with Crippen molar-refractivity contribution in [2.45, 2.75) is 33.3 Å². The number of rotatable bonds is 5. The van der Waals surface area contributed by atoms with Crippen molar-refractivity contribution in [2.24, 2.45) is 5.92 Å². The van der Waals surface area contributed by atoms with Crippen LogP contribution in [0.1, 0.15) is 32.3 Å². The van der Waals surface area contributed by atoms with Gasteiger partial charge in [0.05, 0.1) is 5.60 Å². The van der Waals surface area contributed by atoms with Gasteiger partial charge in [-0.3, -0.25) is 4.79 Å². The van der Waals surface area contributed by atoms with Gasteiger partial charge in [0.25, 0.3) is 0 Å². The Morgan fingerprint density at radius 1 is 1.56 bits per heavy atom. The van der Waals surface area contributed by atoms with Crippen molar-refractivity contribution in [1.82, 2.24) is 5.32 Å². The zero-order chi connectivity index (χ0) is 13.8. The summed E-state index contributed by atoms with van der Waals surface area (Å²) in [7, 11) is 0. The van der Waals surface area contributed by atoms with Crippen LogP contribution in [0.15, 0.2) is 22.6 Å². The molecule has 18 heavy (non-hydrogen) atoms. The molecule has 1 heterocycles. The number of amides is 1. The third-order valence-electron chi connectivity index (χ3n) is 3.02. The highest BCUT2D eigenvalue weighted by Gasteiger charge is 2.24. The summed E-state index contributed by atoms with van der Waals surface area (Å²) in [5.74, 6) is 1.27. The van der Waals surface area contributed by atoms with Crippen LogP contribution in [0.4, 0.5) is 0 Å². The molecule has 4 heteroatoms. The maximum atomic E-state index is 11.5. The van der Waals surface area contributed by atoms with Gasteiger partial charge in [-0.2, -0.15) is 0 Å². The fourth-order valence-electron chi connectivity index (χ4n) is 1.23. The van der Waals surface area contributed by atoms with E-state index >= 15 is 0 Å². The Kier molecular flexibility index (Phi) is 4.73. The molecule has 0 bridgehead atoms. The average molecular weight is 251 g/mol. The first-order valence-electron chi connectivity index (χ1n) is 6.06. The van der Waals surface area contributed by atoms with E-state index in [1.54, 1.807) is 19.1 Å². The molecule has 1 rings (SSSR count). The van der Waals surface area contributed by atoms with E-state index in [0.29, 0.717) is 5.76 Å². The zero-order valence-corrected chi connectivity index (χ0v) is 11.4. The van der Waals surface area contributed by atoms with Gasteiger partial charge >= 0.3 is 0 Å². The molecule has 0 radical (unpaired) electrons. The molecule has 1 unspecified atom stereocenters. The molecule has 0 fully saturated rings. The van der Waals surface area contributed by atoms with Crippen molar-refractivity contribution in [3.8, 4) is 0 Å². The Morgan fingerprint density at radius 3 is 2.72 bits per heavy atom. The fraction of sp³-hybridized carbons (Fsp3) is 0.500. The van der Waals surface area contributed by atoms with Gasteiger partial charge in [0.1, 0.15) is 11.5 Å². The van der Waals surface area contributed by atoms with Crippen LogP contribution in [0.25, 0.3) is 6.08 Å². The number of hydrogen-bond acceptors (Lipinski definition) is 3. The number of aryl methyl sites for hydroxylation is 1. The second-order valence-corrected chi connectivity index (χ2v) is 5.01. The fourth-order valence-corrected chi connectivity index (χ4v) is 1.23. The van der Waals surface area contributed by atoms with Crippen LogP contribution >= 0.6 is 0 Å². The number of carbonyl (C=O) groups excluding carboxylic acids is 1. The molecule has 0 aliphatic rings. The first-order valence-corrected chi connectivity index (χ1v) is 6.06. The highest BCUT2D eigenvalue weighted by molar-refractivity contribution is 5.91. The summed E-state index contributed by atoms with van der Waals surface area (Å²) in [6.07, 6.45) is 3.00. The lowest BCUT2D eigenvalue weighted by Crippen LogP contribution is -2.43. The second-order valence-electron chi connectivity index (χ2n) is 5.01. The lowest BCUT2D eigenvalue weighted by Gasteiger charge is -2.27. The first kappa shape index (κ1) is 14.5. The minimum Gasteiger partial charge on any atom is -0.462 e. The highest BCUT2D eigenvalue weighted by Crippen LogP contribution is 2.14. The summed E-state index contributed by atoms with van der Waals surface area (Å²) in [5, 5.41) is 12.6. The average Bonchev–Trinajstić information content (AvgIpc) is 2.69. The lowest BCUT2D eigenvalue weighted by molar-refractivity contribution is -0.118. The van der Waals surface area contributed by atoms with Gasteiger partial charge in [-0.1, -0.05) is 13.8 Å². The molecule has 0 aliphatic heterocycles. The third-order valence-corrected chi connectivity index (χ3v) is 3.02. The Morgan fingerprint density at radius 2 is 2.22 bits per heavy atom. The van der Waals surface area contributed by atoms with E-state index in [-0.39, 0.29) is 18.4 Å². The van der Waals surface area contributed by atoms with E-state index in [4.69, 9.17) is 4.42 Å². The van der Waals surface area contributed by atoms with Gasteiger partial charge in [0.15, 0.2) is 0 Å². The van der Waals surface area contributed by atoms with Gasteiger partial charge in [-0.25, -0.2) is 0 Å². The normalized spacial score (nSPS) is 15.0. The van der Waals surface area contributed by atoms with Crippen LogP contribution in [0.2, 0.25) is 0 Å². The predicted octanol–water partition coefficient (Wildman–Crippen LogP) is 2.12. The summed E-state index contributed by atoms with van der Waals surface area (Å²) < 4.78 is 5.30. The van der Waals surface area contributed by atoms with Gasteiger partial charge in [-0.05, 0) is 38.0 Å². The topological polar surface area (TPSA) is 62.5 Å². The molecule has 2 N–H and O–H groups in total. The van der Waals surface area contributed by atoms with Crippen molar-refractivity contribution in [3.63, 3.8) is 0 Å². The summed E-state index contributed by atoms with van der Waals surface area (Å²) >= 11 is 0. The van der Waals surface area contributed by atoms with E-state index in [0.717, 1.165) is 5.76 Å². The van der Waals surface area contributed by atoms with Crippen molar-refractivity contribution in [2.75, 3.05) is 6.54 Å². The number of furan rings is 1.